The van der Waals surface area contributed by atoms with Crippen molar-refractivity contribution >= 4 is 11.9 Å². The van der Waals surface area contributed by atoms with Crippen LogP contribution >= 0.6 is 0 Å². The van der Waals surface area contributed by atoms with Crippen LogP contribution in [0.15, 0.2) is 18.3 Å². The van der Waals surface area contributed by atoms with Crippen LogP contribution in [0.2, 0.25) is 0 Å². The van der Waals surface area contributed by atoms with E-state index >= 15 is 0 Å². The highest BCUT2D eigenvalue weighted by Crippen LogP contribution is 2.28. The first-order valence-electron chi connectivity index (χ1n) is 6.22. The van der Waals surface area contributed by atoms with Crippen LogP contribution in [0.5, 0.6) is 0 Å². The van der Waals surface area contributed by atoms with Crippen molar-refractivity contribution < 1.29 is 27.9 Å². The molecule has 1 aromatic heterocycles. The van der Waals surface area contributed by atoms with E-state index in [-0.39, 0.29) is 18.7 Å². The average Bonchev–Trinajstić information content (AvgIpc) is 2.37. The first kappa shape index (κ1) is 16.9. The fraction of sp³-hybridized carbons (Fsp3) is 0.462. The van der Waals surface area contributed by atoms with Crippen molar-refractivity contribution in [2.45, 2.75) is 32.5 Å². The first-order chi connectivity index (χ1) is 9.66. The SMILES string of the molecule is CCN(C(=O)c1ccc(C(F)(F)F)cn1)C(C)CC(=O)O. The summed E-state index contributed by atoms with van der Waals surface area (Å²) in [5, 5.41) is 8.73. The fourth-order valence-corrected chi connectivity index (χ4v) is 1.85. The van der Waals surface area contributed by atoms with Crippen LogP contribution in [-0.4, -0.2) is 39.5 Å². The predicted octanol–water partition coefficient (Wildman–Crippen LogP) is 2.43. The summed E-state index contributed by atoms with van der Waals surface area (Å²) in [6, 6.07) is 1.18. The van der Waals surface area contributed by atoms with Crippen LogP contribution in [0.3, 0.4) is 0 Å². The molecule has 0 aliphatic heterocycles. The molecule has 0 aliphatic carbocycles. The summed E-state index contributed by atoms with van der Waals surface area (Å²) in [5.41, 5.74) is -1.09. The zero-order valence-electron chi connectivity index (χ0n) is 11.5. The second kappa shape index (κ2) is 6.55. The molecular weight excluding hydrogens is 289 g/mol. The standard InChI is InChI=1S/C13H15F3N2O3/c1-3-18(8(2)6-11(19)20)12(21)10-5-4-9(7-17-10)13(14,15)16/h4-5,7-8H,3,6H2,1-2H3,(H,19,20). The summed E-state index contributed by atoms with van der Waals surface area (Å²) in [7, 11) is 0. The minimum Gasteiger partial charge on any atom is -0.481 e. The average molecular weight is 304 g/mol. The zero-order chi connectivity index (χ0) is 16.2. The van der Waals surface area contributed by atoms with Gasteiger partial charge in [0.25, 0.3) is 5.91 Å². The molecule has 1 aromatic rings. The molecule has 0 saturated carbocycles. The molecular formula is C13H15F3N2O3. The van der Waals surface area contributed by atoms with E-state index in [9.17, 15) is 22.8 Å². The molecule has 1 atom stereocenters. The molecule has 21 heavy (non-hydrogen) atoms. The van der Waals surface area contributed by atoms with Gasteiger partial charge in [0, 0.05) is 18.8 Å². The lowest BCUT2D eigenvalue weighted by molar-refractivity contribution is -0.139. The summed E-state index contributed by atoms with van der Waals surface area (Å²) < 4.78 is 37.2. The van der Waals surface area contributed by atoms with Crippen molar-refractivity contribution in [3.8, 4) is 0 Å². The van der Waals surface area contributed by atoms with Crippen LogP contribution in [0.4, 0.5) is 13.2 Å². The number of alkyl halides is 3. The Morgan fingerprint density at radius 2 is 2.00 bits per heavy atom. The van der Waals surface area contributed by atoms with Gasteiger partial charge in [0.05, 0.1) is 12.0 Å². The van der Waals surface area contributed by atoms with Crippen LogP contribution in [0, 0.1) is 0 Å². The normalized spacial score (nSPS) is 12.8. The Balaban J connectivity index is 2.93. The van der Waals surface area contributed by atoms with Crippen molar-refractivity contribution in [3.63, 3.8) is 0 Å². The summed E-state index contributed by atoms with van der Waals surface area (Å²) in [6.07, 6.45) is -4.18. The Kier molecular flexibility index (Phi) is 5.28. The van der Waals surface area contributed by atoms with Crippen LogP contribution in [-0.2, 0) is 11.0 Å². The molecule has 0 saturated heterocycles. The van der Waals surface area contributed by atoms with Crippen LogP contribution in [0.25, 0.3) is 0 Å². The van der Waals surface area contributed by atoms with E-state index in [2.05, 4.69) is 4.98 Å². The summed E-state index contributed by atoms with van der Waals surface area (Å²) in [5.74, 6) is -1.66. The number of nitrogens with zero attached hydrogens (tertiary/aromatic N) is 2. The number of halogens is 3. The van der Waals surface area contributed by atoms with Gasteiger partial charge in [0.1, 0.15) is 5.69 Å². The molecule has 1 heterocycles. The van der Waals surface area contributed by atoms with Gasteiger partial charge in [-0.3, -0.25) is 14.6 Å². The quantitative estimate of drug-likeness (QED) is 0.907. The van der Waals surface area contributed by atoms with Gasteiger partial charge in [-0.2, -0.15) is 13.2 Å². The number of rotatable bonds is 5. The first-order valence-corrected chi connectivity index (χ1v) is 6.22. The minimum absolute atomic E-state index is 0.151. The van der Waals surface area contributed by atoms with Gasteiger partial charge >= 0.3 is 12.1 Å². The monoisotopic (exact) mass is 304 g/mol. The minimum atomic E-state index is -4.52. The van der Waals surface area contributed by atoms with E-state index in [1.807, 2.05) is 0 Å². The molecule has 116 valence electrons. The van der Waals surface area contributed by atoms with E-state index in [4.69, 9.17) is 5.11 Å². The predicted molar refractivity (Wildman–Crippen MR) is 67.7 cm³/mol. The number of aromatic nitrogens is 1. The van der Waals surface area contributed by atoms with E-state index in [1.165, 1.54) is 4.90 Å². The molecule has 0 bridgehead atoms. The van der Waals surface area contributed by atoms with Gasteiger partial charge in [-0.05, 0) is 26.0 Å². The van der Waals surface area contributed by atoms with Gasteiger partial charge < -0.3 is 10.0 Å². The topological polar surface area (TPSA) is 70.5 Å². The third-order valence-corrected chi connectivity index (χ3v) is 2.91. The maximum Gasteiger partial charge on any atom is 0.417 e. The third kappa shape index (κ3) is 4.44. The van der Waals surface area contributed by atoms with E-state index in [0.29, 0.717) is 6.20 Å². The molecule has 0 aromatic carbocycles. The highest BCUT2D eigenvalue weighted by atomic mass is 19.4. The number of amides is 1. The van der Waals surface area contributed by atoms with E-state index in [1.54, 1.807) is 13.8 Å². The van der Waals surface area contributed by atoms with Crippen molar-refractivity contribution in [3.05, 3.63) is 29.6 Å². The fourth-order valence-electron chi connectivity index (χ4n) is 1.85. The van der Waals surface area contributed by atoms with Crippen LogP contribution < -0.4 is 0 Å². The molecule has 0 spiro atoms. The zero-order valence-corrected chi connectivity index (χ0v) is 11.5. The van der Waals surface area contributed by atoms with Gasteiger partial charge in [-0.15, -0.1) is 0 Å². The Morgan fingerprint density at radius 3 is 2.38 bits per heavy atom. The number of carboxylic acid groups (broad SMARTS) is 1. The summed E-state index contributed by atoms with van der Waals surface area (Å²) >= 11 is 0. The molecule has 1 amide bonds. The molecule has 0 fully saturated rings. The maximum absolute atomic E-state index is 12.4. The highest BCUT2D eigenvalue weighted by molar-refractivity contribution is 5.92. The van der Waals surface area contributed by atoms with Gasteiger partial charge in [0.15, 0.2) is 0 Å². The Hall–Kier alpha value is -2.12. The van der Waals surface area contributed by atoms with Crippen molar-refractivity contribution in [2.75, 3.05) is 6.54 Å². The van der Waals surface area contributed by atoms with E-state index in [0.717, 1.165) is 12.1 Å². The summed E-state index contributed by atoms with van der Waals surface area (Å²) in [6.45, 7) is 3.44. The van der Waals surface area contributed by atoms with Crippen molar-refractivity contribution in [1.29, 1.82) is 0 Å². The number of hydrogen-bond acceptors (Lipinski definition) is 3. The molecule has 8 heteroatoms. The number of pyridine rings is 1. The second-order valence-electron chi connectivity index (χ2n) is 4.47. The Labute approximate surface area is 119 Å². The molecule has 1 N–H and O–H groups in total. The molecule has 1 rings (SSSR count). The largest absolute Gasteiger partial charge is 0.481 e. The lowest BCUT2D eigenvalue weighted by Gasteiger charge is -2.26. The van der Waals surface area contributed by atoms with Gasteiger partial charge in [0.2, 0.25) is 0 Å². The van der Waals surface area contributed by atoms with Crippen molar-refractivity contribution in [2.24, 2.45) is 0 Å². The van der Waals surface area contributed by atoms with Crippen LogP contribution in [0.1, 0.15) is 36.3 Å². The molecule has 0 aliphatic rings. The highest BCUT2D eigenvalue weighted by Gasteiger charge is 2.31. The number of carbonyl (C=O) groups is 2. The Morgan fingerprint density at radius 1 is 1.38 bits per heavy atom. The molecule has 5 nitrogen and oxygen atoms in total. The molecule has 1 unspecified atom stereocenters. The maximum atomic E-state index is 12.4. The van der Waals surface area contributed by atoms with Crippen molar-refractivity contribution in [1.82, 2.24) is 9.88 Å². The smallest absolute Gasteiger partial charge is 0.417 e. The number of carboxylic acids is 1. The number of hydrogen-bond donors (Lipinski definition) is 1. The summed E-state index contributed by atoms with van der Waals surface area (Å²) in [4.78, 5) is 27.6. The lowest BCUT2D eigenvalue weighted by atomic mass is 10.1. The lowest BCUT2D eigenvalue weighted by Crippen LogP contribution is -2.40. The van der Waals surface area contributed by atoms with E-state index < -0.39 is 29.7 Å². The van der Waals surface area contributed by atoms with Gasteiger partial charge in [-0.25, -0.2) is 0 Å². The Bertz CT molecular complexity index is 514. The van der Waals surface area contributed by atoms with Gasteiger partial charge in [-0.1, -0.05) is 0 Å². The number of aliphatic carboxylic acids is 1. The second-order valence-corrected chi connectivity index (χ2v) is 4.47. The third-order valence-electron chi connectivity index (χ3n) is 2.91. The number of carbonyl (C=O) groups excluding carboxylic acids is 1. The molecule has 0 radical (unpaired) electrons.